The Morgan fingerprint density at radius 1 is 0.971 bits per heavy atom. The number of hydrogen-bond donors (Lipinski definition) is 2. The fraction of sp³-hybridized carbons (Fsp3) is 0.214. The molecular formula is C28H29N3O3S. The van der Waals surface area contributed by atoms with Crippen LogP contribution in [0.5, 0.6) is 5.75 Å². The van der Waals surface area contributed by atoms with Gasteiger partial charge in [0, 0.05) is 40.8 Å². The molecule has 4 rings (SSSR count). The van der Waals surface area contributed by atoms with Crippen LogP contribution in [-0.2, 0) is 11.3 Å². The number of aromatic nitrogens is 1. The number of para-hydroxylation sites is 2. The van der Waals surface area contributed by atoms with Gasteiger partial charge < -0.3 is 19.9 Å². The lowest BCUT2D eigenvalue weighted by atomic mass is 10.1. The Morgan fingerprint density at radius 2 is 1.69 bits per heavy atom. The van der Waals surface area contributed by atoms with E-state index in [0.29, 0.717) is 30.2 Å². The fourth-order valence-electron chi connectivity index (χ4n) is 4.12. The van der Waals surface area contributed by atoms with Gasteiger partial charge in [-0.25, -0.2) is 0 Å². The van der Waals surface area contributed by atoms with E-state index in [2.05, 4.69) is 39.6 Å². The van der Waals surface area contributed by atoms with Gasteiger partial charge in [0.1, 0.15) is 5.75 Å². The highest BCUT2D eigenvalue weighted by molar-refractivity contribution is 8.00. The number of benzene rings is 3. The van der Waals surface area contributed by atoms with E-state index < -0.39 is 0 Å². The number of ether oxygens (including phenoxy) is 1. The normalized spacial score (nSPS) is 10.8. The van der Waals surface area contributed by atoms with Gasteiger partial charge in [0.15, 0.2) is 0 Å². The molecule has 6 nitrogen and oxygen atoms in total. The van der Waals surface area contributed by atoms with Crippen molar-refractivity contribution in [3.05, 3.63) is 89.6 Å². The van der Waals surface area contributed by atoms with Crippen molar-refractivity contribution in [2.45, 2.75) is 25.3 Å². The minimum Gasteiger partial charge on any atom is -0.496 e. The first-order chi connectivity index (χ1) is 16.9. The van der Waals surface area contributed by atoms with Gasteiger partial charge in [0.25, 0.3) is 5.91 Å². The minimum absolute atomic E-state index is 0.0408. The van der Waals surface area contributed by atoms with Crippen molar-refractivity contribution in [2.75, 3.05) is 24.7 Å². The largest absolute Gasteiger partial charge is 0.496 e. The molecular weight excluding hydrogens is 458 g/mol. The highest BCUT2D eigenvalue weighted by Crippen LogP contribution is 2.30. The number of amides is 2. The summed E-state index contributed by atoms with van der Waals surface area (Å²) < 4.78 is 7.40. The van der Waals surface area contributed by atoms with Crippen LogP contribution in [0.15, 0.2) is 77.8 Å². The molecule has 0 saturated heterocycles. The predicted octanol–water partition coefficient (Wildman–Crippen LogP) is 5.43. The Hall–Kier alpha value is -3.71. The van der Waals surface area contributed by atoms with Crippen LogP contribution >= 0.6 is 11.8 Å². The second-order valence-corrected chi connectivity index (χ2v) is 9.39. The number of nitrogens with one attached hydrogen (secondary N) is 2. The lowest BCUT2D eigenvalue weighted by Gasteiger charge is -2.10. The van der Waals surface area contributed by atoms with Crippen molar-refractivity contribution >= 4 is 40.2 Å². The highest BCUT2D eigenvalue weighted by Gasteiger charge is 2.13. The average Bonchev–Trinajstić information content (AvgIpc) is 3.19. The summed E-state index contributed by atoms with van der Waals surface area (Å²) in [4.78, 5) is 26.2. The van der Waals surface area contributed by atoms with E-state index in [4.69, 9.17) is 4.74 Å². The molecule has 0 aliphatic rings. The Morgan fingerprint density at radius 3 is 2.46 bits per heavy atom. The quantitative estimate of drug-likeness (QED) is 0.309. The van der Waals surface area contributed by atoms with Crippen molar-refractivity contribution in [3.8, 4) is 5.75 Å². The number of thioether (sulfide) groups is 1. The zero-order valence-electron chi connectivity index (χ0n) is 20.1. The molecule has 0 fully saturated rings. The van der Waals surface area contributed by atoms with Gasteiger partial charge in [0.2, 0.25) is 5.91 Å². The molecule has 0 aliphatic carbocycles. The van der Waals surface area contributed by atoms with Gasteiger partial charge in [0.05, 0.1) is 18.4 Å². The summed E-state index contributed by atoms with van der Waals surface area (Å²) in [5.41, 5.74) is 4.64. The molecule has 0 bridgehead atoms. The monoisotopic (exact) mass is 487 g/mol. The van der Waals surface area contributed by atoms with Gasteiger partial charge in [-0.1, -0.05) is 36.4 Å². The lowest BCUT2D eigenvalue weighted by molar-refractivity contribution is -0.113. The third-order valence-electron chi connectivity index (χ3n) is 5.61. The first-order valence-corrected chi connectivity index (χ1v) is 12.4. The smallest absolute Gasteiger partial charge is 0.255 e. The molecule has 0 aliphatic heterocycles. The van der Waals surface area contributed by atoms with Crippen LogP contribution in [0.4, 0.5) is 5.69 Å². The Labute approximate surface area is 209 Å². The van der Waals surface area contributed by atoms with E-state index in [1.807, 2.05) is 50.2 Å². The zero-order valence-corrected chi connectivity index (χ0v) is 20.9. The van der Waals surface area contributed by atoms with Crippen LogP contribution in [0.1, 0.15) is 21.5 Å². The predicted molar refractivity (Wildman–Crippen MR) is 143 cm³/mol. The zero-order chi connectivity index (χ0) is 24.8. The number of rotatable bonds is 9. The first kappa shape index (κ1) is 24.4. The van der Waals surface area contributed by atoms with Crippen LogP contribution in [-0.4, -0.2) is 35.8 Å². The third kappa shape index (κ3) is 6.05. The van der Waals surface area contributed by atoms with E-state index in [1.54, 1.807) is 19.2 Å². The van der Waals surface area contributed by atoms with Crippen LogP contribution < -0.4 is 15.4 Å². The van der Waals surface area contributed by atoms with Gasteiger partial charge in [-0.2, -0.15) is 0 Å². The Kier molecular flexibility index (Phi) is 7.77. The molecule has 2 amide bonds. The number of aryl methyl sites for hydroxylation is 2. The number of anilines is 1. The summed E-state index contributed by atoms with van der Waals surface area (Å²) >= 11 is 1.51. The summed E-state index contributed by atoms with van der Waals surface area (Å²) in [6.45, 7) is 5.11. The number of nitrogens with zero attached hydrogens (tertiary/aromatic N) is 1. The van der Waals surface area contributed by atoms with E-state index in [-0.39, 0.29) is 11.8 Å². The van der Waals surface area contributed by atoms with Crippen LogP contribution in [0.25, 0.3) is 10.9 Å². The average molecular weight is 488 g/mol. The van der Waals surface area contributed by atoms with Crippen molar-refractivity contribution in [3.63, 3.8) is 0 Å². The maximum atomic E-state index is 12.6. The second kappa shape index (κ2) is 11.1. The van der Waals surface area contributed by atoms with Crippen molar-refractivity contribution in [2.24, 2.45) is 0 Å². The summed E-state index contributed by atoms with van der Waals surface area (Å²) in [5, 5.41) is 7.06. The van der Waals surface area contributed by atoms with Gasteiger partial charge >= 0.3 is 0 Å². The molecule has 1 aromatic heterocycles. The summed E-state index contributed by atoms with van der Waals surface area (Å²) in [7, 11) is 1.56. The van der Waals surface area contributed by atoms with Gasteiger partial charge in [-0.05, 0) is 55.3 Å². The maximum absolute atomic E-state index is 12.6. The van der Waals surface area contributed by atoms with Gasteiger partial charge in [-0.3, -0.25) is 9.59 Å². The Balaban J connectivity index is 1.40. The SMILES string of the molecule is COc1ccccc1C(=O)NCCn1cc(SCC(=O)Nc2cc(C)cc(C)c2)c2ccccc21. The molecule has 0 atom stereocenters. The molecule has 2 N–H and O–H groups in total. The molecule has 0 radical (unpaired) electrons. The summed E-state index contributed by atoms with van der Waals surface area (Å²) in [6.07, 6.45) is 2.05. The number of fused-ring (bicyclic) bond motifs is 1. The standard InChI is InChI=1S/C28H29N3O3S/c1-19-14-20(2)16-21(15-19)30-27(32)18-35-26-17-31(24-10-6-4-8-22(24)26)13-12-29-28(33)23-9-5-7-11-25(23)34-3/h4-11,14-17H,12-13,18H2,1-3H3,(H,29,33)(H,30,32). The molecule has 0 saturated carbocycles. The topological polar surface area (TPSA) is 72.4 Å². The summed E-state index contributed by atoms with van der Waals surface area (Å²) in [5.74, 6) is 0.651. The van der Waals surface area contributed by atoms with Crippen LogP contribution in [0, 0.1) is 13.8 Å². The van der Waals surface area contributed by atoms with E-state index in [9.17, 15) is 9.59 Å². The first-order valence-electron chi connectivity index (χ1n) is 11.4. The van der Waals surface area contributed by atoms with E-state index in [1.165, 1.54) is 11.8 Å². The molecule has 3 aromatic carbocycles. The number of hydrogen-bond acceptors (Lipinski definition) is 4. The van der Waals surface area contributed by atoms with Crippen molar-refractivity contribution in [1.82, 2.24) is 9.88 Å². The molecule has 0 unspecified atom stereocenters. The lowest BCUT2D eigenvalue weighted by Crippen LogP contribution is -2.27. The van der Waals surface area contributed by atoms with E-state index >= 15 is 0 Å². The molecule has 7 heteroatoms. The number of carbonyl (C=O) groups excluding carboxylic acids is 2. The number of methoxy groups -OCH3 is 1. The molecule has 180 valence electrons. The maximum Gasteiger partial charge on any atom is 0.255 e. The molecule has 4 aromatic rings. The molecule has 35 heavy (non-hydrogen) atoms. The van der Waals surface area contributed by atoms with Crippen LogP contribution in [0.3, 0.4) is 0 Å². The molecule has 1 heterocycles. The minimum atomic E-state index is -0.170. The number of carbonyl (C=O) groups is 2. The van der Waals surface area contributed by atoms with Gasteiger partial charge in [-0.15, -0.1) is 11.8 Å². The van der Waals surface area contributed by atoms with Crippen LogP contribution in [0.2, 0.25) is 0 Å². The second-order valence-electron chi connectivity index (χ2n) is 8.37. The fourth-order valence-corrected chi connectivity index (χ4v) is 5.01. The highest BCUT2D eigenvalue weighted by atomic mass is 32.2. The van der Waals surface area contributed by atoms with Crippen molar-refractivity contribution in [1.29, 1.82) is 0 Å². The molecule has 0 spiro atoms. The Bertz CT molecular complexity index is 1340. The third-order valence-corrected chi connectivity index (χ3v) is 6.65. The summed E-state index contributed by atoms with van der Waals surface area (Å²) in [6, 6.07) is 21.3. The van der Waals surface area contributed by atoms with Crippen molar-refractivity contribution < 1.29 is 14.3 Å². The van der Waals surface area contributed by atoms with E-state index in [0.717, 1.165) is 32.6 Å².